The van der Waals surface area contributed by atoms with E-state index in [9.17, 15) is 14.7 Å². The molecular formula is C25H20N2O5S2. The van der Waals surface area contributed by atoms with E-state index in [0.717, 1.165) is 24.7 Å². The summed E-state index contributed by atoms with van der Waals surface area (Å²) in [4.78, 5) is 25.5. The van der Waals surface area contributed by atoms with Crippen molar-refractivity contribution in [2.45, 2.75) is 32.8 Å². The minimum absolute atomic E-state index is 0.410. The maximum Gasteiger partial charge on any atom is 0.412 e. The molecule has 1 atom stereocenters. The van der Waals surface area contributed by atoms with Crippen molar-refractivity contribution in [1.29, 1.82) is 0 Å². The van der Waals surface area contributed by atoms with E-state index in [-0.39, 0.29) is 0 Å². The van der Waals surface area contributed by atoms with Crippen molar-refractivity contribution in [2.75, 3.05) is 5.32 Å². The lowest BCUT2D eigenvalue weighted by Crippen LogP contribution is -2.16. The van der Waals surface area contributed by atoms with E-state index >= 15 is 0 Å². The Kier molecular flexibility index (Phi) is 5.63. The van der Waals surface area contributed by atoms with Crippen LogP contribution in [0.3, 0.4) is 0 Å². The van der Waals surface area contributed by atoms with Gasteiger partial charge in [-0.05, 0) is 44.4 Å². The van der Waals surface area contributed by atoms with Crippen molar-refractivity contribution < 1.29 is 24.0 Å². The largest absolute Gasteiger partial charge is 0.480 e. The number of aryl methyl sites for hydroxylation is 1. The number of thiophene rings is 2. The first-order chi connectivity index (χ1) is 16.3. The maximum absolute atomic E-state index is 12.5. The van der Waals surface area contributed by atoms with Gasteiger partial charge in [-0.1, -0.05) is 47.3 Å². The van der Waals surface area contributed by atoms with E-state index in [1.54, 1.807) is 6.92 Å². The number of benzene rings is 1. The summed E-state index contributed by atoms with van der Waals surface area (Å²) in [6, 6.07) is 13.4. The molecule has 0 spiro atoms. The van der Waals surface area contributed by atoms with Crippen molar-refractivity contribution in [3.8, 4) is 22.4 Å². The summed E-state index contributed by atoms with van der Waals surface area (Å²) in [5.41, 5.74) is 1.03. The van der Waals surface area contributed by atoms with E-state index in [4.69, 9.17) is 9.26 Å². The van der Waals surface area contributed by atoms with Crippen LogP contribution in [0.4, 0.5) is 10.5 Å². The van der Waals surface area contributed by atoms with Crippen molar-refractivity contribution in [1.82, 2.24) is 5.16 Å². The minimum atomic E-state index is -0.867. The number of ether oxygens (including phenoxy) is 1. The molecule has 3 aromatic heterocycles. The van der Waals surface area contributed by atoms with Gasteiger partial charge in [0.1, 0.15) is 22.9 Å². The van der Waals surface area contributed by atoms with Crippen LogP contribution in [0.25, 0.3) is 20.0 Å². The molecule has 5 rings (SSSR count). The van der Waals surface area contributed by atoms with Gasteiger partial charge in [-0.2, -0.15) is 0 Å². The van der Waals surface area contributed by atoms with Crippen molar-refractivity contribution in [3.63, 3.8) is 0 Å². The van der Waals surface area contributed by atoms with Gasteiger partial charge in [0.05, 0.1) is 9.75 Å². The van der Waals surface area contributed by atoms with Gasteiger partial charge in [0.15, 0.2) is 5.76 Å². The number of fused-ring (bicyclic) bond motifs is 1. The standard InChI is InChI=1S/C25H20N2O5S2/c1-14(16-6-4-3-5-7-16)31-24(30)26-21-15(2)32-27-22(21)20-13-19-18(34-20)12-17(33-19)8-9-25(10-11-25)23(28)29/h3-7,12-14H,10-11H2,1-2H3,(H,26,30)(H,28,29)/t14-/m1/s1. The molecule has 3 heterocycles. The fraction of sp³-hybridized carbons (Fsp3) is 0.240. The van der Waals surface area contributed by atoms with E-state index in [2.05, 4.69) is 22.3 Å². The second-order valence-corrected chi connectivity index (χ2v) is 10.3. The molecule has 1 saturated carbocycles. The number of carboxylic acid groups (broad SMARTS) is 1. The zero-order valence-electron chi connectivity index (χ0n) is 18.4. The third-order valence-corrected chi connectivity index (χ3v) is 7.88. The summed E-state index contributed by atoms with van der Waals surface area (Å²) in [5, 5.41) is 16.2. The average molecular weight is 493 g/mol. The third-order valence-electron chi connectivity index (χ3n) is 5.67. The van der Waals surface area contributed by atoms with Crippen LogP contribution in [0.5, 0.6) is 0 Å². The number of anilines is 1. The zero-order valence-corrected chi connectivity index (χ0v) is 20.0. The molecule has 0 aliphatic heterocycles. The highest BCUT2D eigenvalue weighted by Crippen LogP contribution is 2.46. The molecule has 1 amide bonds. The van der Waals surface area contributed by atoms with Crippen LogP contribution < -0.4 is 5.32 Å². The van der Waals surface area contributed by atoms with Gasteiger partial charge in [0.25, 0.3) is 0 Å². The van der Waals surface area contributed by atoms with Gasteiger partial charge in [-0.15, -0.1) is 22.7 Å². The Labute approximate surface area is 203 Å². The van der Waals surface area contributed by atoms with Gasteiger partial charge in [0, 0.05) is 9.40 Å². The van der Waals surface area contributed by atoms with E-state index in [1.807, 2.05) is 49.4 Å². The molecule has 1 aromatic carbocycles. The molecule has 9 heteroatoms. The van der Waals surface area contributed by atoms with Gasteiger partial charge >= 0.3 is 12.1 Å². The van der Waals surface area contributed by atoms with E-state index < -0.39 is 23.6 Å². The molecule has 7 nitrogen and oxygen atoms in total. The highest BCUT2D eigenvalue weighted by Gasteiger charge is 2.49. The van der Waals surface area contributed by atoms with Crippen LogP contribution in [0, 0.1) is 24.2 Å². The van der Waals surface area contributed by atoms with Crippen molar-refractivity contribution >= 4 is 49.8 Å². The van der Waals surface area contributed by atoms with Crippen LogP contribution in [0.1, 0.15) is 42.1 Å². The number of nitrogens with one attached hydrogen (secondary N) is 1. The predicted octanol–water partition coefficient (Wildman–Crippen LogP) is 6.45. The lowest BCUT2D eigenvalue weighted by molar-refractivity contribution is -0.141. The second kappa shape index (κ2) is 8.63. The highest BCUT2D eigenvalue weighted by molar-refractivity contribution is 7.29. The van der Waals surface area contributed by atoms with Gasteiger partial charge in [0.2, 0.25) is 0 Å². The SMILES string of the molecule is Cc1onc(-c2cc3sc(C#CC4(C(=O)O)CC4)cc3s2)c1NC(=O)O[C@H](C)c1ccccc1. The molecule has 172 valence electrons. The minimum Gasteiger partial charge on any atom is -0.480 e. The monoisotopic (exact) mass is 492 g/mol. The second-order valence-electron chi connectivity index (χ2n) is 8.13. The lowest BCUT2D eigenvalue weighted by atomic mass is 10.1. The number of amides is 1. The Morgan fingerprint density at radius 2 is 1.94 bits per heavy atom. The number of aromatic nitrogens is 1. The number of rotatable bonds is 5. The first kappa shape index (κ1) is 22.2. The van der Waals surface area contributed by atoms with Gasteiger partial charge in [-0.25, -0.2) is 4.79 Å². The molecule has 1 aliphatic carbocycles. The molecule has 0 unspecified atom stereocenters. The fourth-order valence-electron chi connectivity index (χ4n) is 3.48. The quantitative estimate of drug-likeness (QED) is 0.310. The normalized spacial score (nSPS) is 14.8. The Balaban J connectivity index is 1.33. The lowest BCUT2D eigenvalue weighted by Gasteiger charge is -2.14. The summed E-state index contributed by atoms with van der Waals surface area (Å²) >= 11 is 3.00. The molecule has 0 bridgehead atoms. The molecule has 2 N–H and O–H groups in total. The van der Waals surface area contributed by atoms with Crippen LogP contribution in [0.15, 0.2) is 47.0 Å². The number of hydrogen-bond acceptors (Lipinski definition) is 7. The number of nitrogens with zero attached hydrogens (tertiary/aromatic N) is 1. The first-order valence-electron chi connectivity index (χ1n) is 10.6. The van der Waals surface area contributed by atoms with E-state index in [1.165, 1.54) is 22.7 Å². The Morgan fingerprint density at radius 1 is 1.21 bits per heavy atom. The average Bonchev–Trinajstić information content (AvgIpc) is 3.20. The number of carbonyl (C=O) groups is 2. The number of aliphatic carboxylic acids is 1. The highest BCUT2D eigenvalue weighted by atomic mass is 32.1. The number of carboxylic acids is 1. The first-order valence-corrected chi connectivity index (χ1v) is 12.3. The van der Waals surface area contributed by atoms with Crippen LogP contribution in [-0.2, 0) is 9.53 Å². The summed E-state index contributed by atoms with van der Waals surface area (Å²) in [6.07, 6.45) is 0.208. The molecule has 0 saturated heterocycles. The smallest absolute Gasteiger partial charge is 0.412 e. The van der Waals surface area contributed by atoms with Crippen LogP contribution in [-0.4, -0.2) is 22.3 Å². The molecule has 1 aliphatic rings. The topological polar surface area (TPSA) is 102 Å². The van der Waals surface area contributed by atoms with Gasteiger partial charge in [-0.3, -0.25) is 10.1 Å². The molecule has 4 aromatic rings. The van der Waals surface area contributed by atoms with Crippen molar-refractivity contribution in [3.05, 3.63) is 58.7 Å². The zero-order chi connectivity index (χ0) is 23.9. The number of hydrogen-bond donors (Lipinski definition) is 2. The summed E-state index contributed by atoms with van der Waals surface area (Å²) in [5.74, 6) is 5.57. The maximum atomic E-state index is 12.5. The summed E-state index contributed by atoms with van der Waals surface area (Å²) in [6.45, 7) is 3.54. The molecule has 0 radical (unpaired) electrons. The Bertz CT molecular complexity index is 1420. The Morgan fingerprint density at radius 3 is 2.62 bits per heavy atom. The Hall–Kier alpha value is -3.61. The van der Waals surface area contributed by atoms with Crippen LogP contribution >= 0.6 is 22.7 Å². The summed E-state index contributed by atoms with van der Waals surface area (Å²) in [7, 11) is 0. The van der Waals surface area contributed by atoms with Gasteiger partial charge < -0.3 is 14.4 Å². The van der Waals surface area contributed by atoms with Crippen LogP contribution in [0.2, 0.25) is 0 Å². The fourth-order valence-corrected chi connectivity index (χ4v) is 5.72. The predicted molar refractivity (Wildman–Crippen MR) is 131 cm³/mol. The molecule has 1 fully saturated rings. The van der Waals surface area contributed by atoms with Crippen molar-refractivity contribution in [2.24, 2.45) is 5.41 Å². The molecular weight excluding hydrogens is 472 g/mol. The number of carbonyl (C=O) groups excluding carboxylic acids is 1. The van der Waals surface area contributed by atoms with E-state index in [0.29, 0.717) is 30.0 Å². The summed E-state index contributed by atoms with van der Waals surface area (Å²) < 4.78 is 12.9. The molecule has 34 heavy (non-hydrogen) atoms. The third kappa shape index (κ3) is 4.30.